The summed E-state index contributed by atoms with van der Waals surface area (Å²) >= 11 is 0. The zero-order valence-corrected chi connectivity index (χ0v) is 12.9. The Labute approximate surface area is 131 Å². The molecule has 0 aliphatic heterocycles. The molecular weight excluding hydrogens is 287 g/mol. The quantitative estimate of drug-likeness (QED) is 0.500. The van der Waals surface area contributed by atoms with Crippen LogP contribution >= 0.6 is 8.58 Å². The highest BCUT2D eigenvalue weighted by Gasteiger charge is 2.05. The minimum Gasteiger partial charge on any atom is -0.412 e. The Balaban J connectivity index is 0.00000144. The van der Waals surface area contributed by atoms with E-state index in [0.29, 0.717) is 0 Å². The van der Waals surface area contributed by atoms with Gasteiger partial charge in [0.25, 0.3) is 0 Å². The molecule has 4 aromatic carbocycles. The number of hydrogen-bond donors (Lipinski definition) is 0. The fraction of sp³-hybridized carbons (Fsp3) is 0. The van der Waals surface area contributed by atoms with Gasteiger partial charge in [-0.2, -0.15) is 0 Å². The van der Waals surface area contributed by atoms with Crippen molar-refractivity contribution in [2.75, 3.05) is 0 Å². The van der Waals surface area contributed by atoms with Crippen molar-refractivity contribution in [2.45, 2.75) is 0 Å². The van der Waals surface area contributed by atoms with Gasteiger partial charge in [0.15, 0.2) is 0 Å². The van der Waals surface area contributed by atoms with Gasteiger partial charge in [-0.1, -0.05) is 84.9 Å². The lowest BCUT2D eigenvalue weighted by atomic mass is 10.1. The van der Waals surface area contributed by atoms with Crippen LogP contribution in [-0.2, 0) is 0 Å². The zero-order valence-electron chi connectivity index (χ0n) is 12.0. The molecule has 0 unspecified atom stereocenters. The summed E-state index contributed by atoms with van der Waals surface area (Å²) in [5, 5.41) is 8.03. The lowest BCUT2D eigenvalue weighted by molar-refractivity contribution is 0.824. The summed E-state index contributed by atoms with van der Waals surface area (Å²) in [4.78, 5) is 0. The molecule has 0 aromatic heterocycles. The summed E-state index contributed by atoms with van der Waals surface area (Å²) in [7, 11) is 1.27. The SMILES string of the molecule is O.c1ccc2c([P]c3cccc4ccccc34)cccc2c1. The van der Waals surface area contributed by atoms with E-state index in [1.165, 1.54) is 40.7 Å². The molecule has 4 aromatic rings. The highest BCUT2D eigenvalue weighted by Crippen LogP contribution is 2.23. The first-order valence-corrected chi connectivity index (χ1v) is 7.98. The molecular formula is C20H16OP. The fourth-order valence-electron chi connectivity index (χ4n) is 2.74. The van der Waals surface area contributed by atoms with Crippen LogP contribution in [0.4, 0.5) is 0 Å². The number of rotatable bonds is 2. The van der Waals surface area contributed by atoms with Crippen LogP contribution in [-0.4, -0.2) is 5.48 Å². The van der Waals surface area contributed by atoms with Gasteiger partial charge in [-0.15, -0.1) is 0 Å². The first kappa shape index (κ1) is 14.7. The van der Waals surface area contributed by atoms with Gasteiger partial charge >= 0.3 is 0 Å². The standard InChI is InChI=1S/C20H14P.H2O/c1-3-11-17-15(7-1)9-5-13-19(17)21-20-14-6-10-16-8-2-4-12-18(16)20;/h1-14H;1H2. The topological polar surface area (TPSA) is 31.5 Å². The highest BCUT2D eigenvalue weighted by molar-refractivity contribution is 7.56. The maximum atomic E-state index is 2.23. The van der Waals surface area contributed by atoms with Crippen LogP contribution in [0.1, 0.15) is 0 Å². The smallest absolute Gasteiger partial charge is 0.00678 e. The van der Waals surface area contributed by atoms with Crippen LogP contribution < -0.4 is 10.6 Å². The third-order valence-electron chi connectivity index (χ3n) is 3.77. The number of hydrogen-bond acceptors (Lipinski definition) is 0. The summed E-state index contributed by atoms with van der Waals surface area (Å²) in [5.74, 6) is 0. The fourth-order valence-corrected chi connectivity index (χ4v) is 3.97. The summed E-state index contributed by atoms with van der Waals surface area (Å²) in [6.07, 6.45) is 0. The lowest BCUT2D eigenvalue weighted by Gasteiger charge is -2.08. The van der Waals surface area contributed by atoms with Gasteiger partial charge in [-0.25, -0.2) is 0 Å². The van der Waals surface area contributed by atoms with Crippen LogP contribution in [0.25, 0.3) is 21.5 Å². The van der Waals surface area contributed by atoms with E-state index >= 15 is 0 Å². The Hall–Kier alpha value is -2.21. The molecule has 0 bridgehead atoms. The molecule has 0 atom stereocenters. The Morgan fingerprint density at radius 1 is 0.455 bits per heavy atom. The number of fused-ring (bicyclic) bond motifs is 2. The van der Waals surface area contributed by atoms with Crippen molar-refractivity contribution in [1.29, 1.82) is 0 Å². The molecule has 0 saturated carbocycles. The number of benzene rings is 4. The molecule has 0 saturated heterocycles. The maximum Gasteiger partial charge on any atom is -0.00678 e. The molecule has 2 N–H and O–H groups in total. The largest absolute Gasteiger partial charge is 0.412 e. The van der Waals surface area contributed by atoms with Crippen LogP contribution in [0, 0.1) is 0 Å². The second-order valence-electron chi connectivity index (χ2n) is 5.11. The third kappa shape index (κ3) is 2.62. The van der Waals surface area contributed by atoms with E-state index < -0.39 is 0 Å². The summed E-state index contributed by atoms with van der Waals surface area (Å²) in [6, 6.07) is 30.3. The van der Waals surface area contributed by atoms with Crippen molar-refractivity contribution in [2.24, 2.45) is 0 Å². The van der Waals surface area contributed by atoms with E-state index in [4.69, 9.17) is 0 Å². The van der Waals surface area contributed by atoms with Crippen LogP contribution in [0.3, 0.4) is 0 Å². The van der Waals surface area contributed by atoms with Gasteiger partial charge < -0.3 is 5.48 Å². The summed E-state index contributed by atoms with van der Waals surface area (Å²) < 4.78 is 0. The molecule has 107 valence electrons. The van der Waals surface area contributed by atoms with Gasteiger partial charge in [0.2, 0.25) is 0 Å². The second-order valence-corrected chi connectivity index (χ2v) is 6.30. The van der Waals surface area contributed by atoms with Gasteiger partial charge in [0.1, 0.15) is 0 Å². The van der Waals surface area contributed by atoms with Crippen LogP contribution in [0.5, 0.6) is 0 Å². The van der Waals surface area contributed by atoms with E-state index in [1.54, 1.807) is 0 Å². The Morgan fingerprint density at radius 2 is 0.864 bits per heavy atom. The highest BCUT2D eigenvalue weighted by atomic mass is 31.1. The Bertz CT molecular complexity index is 843. The molecule has 0 spiro atoms. The van der Waals surface area contributed by atoms with Crippen LogP contribution in [0.15, 0.2) is 84.9 Å². The van der Waals surface area contributed by atoms with Crippen molar-refractivity contribution in [1.82, 2.24) is 0 Å². The van der Waals surface area contributed by atoms with Gasteiger partial charge in [0.05, 0.1) is 0 Å². The lowest BCUT2D eigenvalue weighted by Crippen LogP contribution is -2.05. The van der Waals surface area contributed by atoms with Crippen LogP contribution in [0.2, 0.25) is 0 Å². The van der Waals surface area contributed by atoms with Crippen molar-refractivity contribution >= 4 is 40.7 Å². The van der Waals surface area contributed by atoms with E-state index in [1.807, 2.05) is 0 Å². The average molecular weight is 303 g/mol. The summed E-state index contributed by atoms with van der Waals surface area (Å²) in [6.45, 7) is 0. The molecule has 0 fully saturated rings. The van der Waals surface area contributed by atoms with Crippen molar-refractivity contribution < 1.29 is 5.48 Å². The van der Waals surface area contributed by atoms with E-state index in [0.717, 1.165) is 0 Å². The normalized spacial score (nSPS) is 10.5. The molecule has 1 nitrogen and oxygen atoms in total. The Morgan fingerprint density at radius 3 is 1.36 bits per heavy atom. The molecule has 0 heterocycles. The third-order valence-corrected chi connectivity index (χ3v) is 5.04. The average Bonchev–Trinajstić information content (AvgIpc) is 2.56. The van der Waals surface area contributed by atoms with E-state index in [2.05, 4.69) is 84.9 Å². The zero-order chi connectivity index (χ0) is 14.1. The maximum absolute atomic E-state index is 2.23. The molecule has 0 aliphatic rings. The van der Waals surface area contributed by atoms with Crippen molar-refractivity contribution in [3.8, 4) is 0 Å². The molecule has 2 heteroatoms. The predicted octanol–water partition coefficient (Wildman–Crippen LogP) is 4.07. The molecule has 4 rings (SSSR count). The van der Waals surface area contributed by atoms with Gasteiger partial charge in [-0.3, -0.25) is 0 Å². The van der Waals surface area contributed by atoms with E-state index in [-0.39, 0.29) is 5.48 Å². The Kier molecular flexibility index (Phi) is 4.20. The van der Waals surface area contributed by atoms with Gasteiger partial charge in [-0.05, 0) is 40.7 Å². The molecule has 0 aliphatic carbocycles. The first-order chi connectivity index (χ1) is 10.4. The minimum absolute atomic E-state index is 0. The minimum atomic E-state index is 0. The summed E-state index contributed by atoms with van der Waals surface area (Å²) in [5.41, 5.74) is 0. The van der Waals surface area contributed by atoms with Crippen molar-refractivity contribution in [3.63, 3.8) is 0 Å². The second kappa shape index (κ2) is 6.27. The van der Waals surface area contributed by atoms with Crippen molar-refractivity contribution in [3.05, 3.63) is 84.9 Å². The molecule has 1 radical (unpaired) electrons. The predicted molar refractivity (Wildman–Crippen MR) is 97.7 cm³/mol. The first-order valence-electron chi connectivity index (χ1n) is 7.09. The molecule has 22 heavy (non-hydrogen) atoms. The monoisotopic (exact) mass is 303 g/mol. The van der Waals surface area contributed by atoms with Gasteiger partial charge in [0, 0.05) is 0 Å². The van der Waals surface area contributed by atoms with E-state index in [9.17, 15) is 0 Å². The molecule has 0 amide bonds.